The fraction of sp³-hybridized carbons (Fsp3) is 0.200. The number of halogens is 4. The summed E-state index contributed by atoms with van der Waals surface area (Å²) >= 11 is 3.19. The van der Waals surface area contributed by atoms with Crippen molar-refractivity contribution in [2.45, 2.75) is 18.1 Å². The highest BCUT2D eigenvalue weighted by Crippen LogP contribution is 2.37. The van der Waals surface area contributed by atoms with Gasteiger partial charge in [-0.25, -0.2) is 0 Å². The van der Waals surface area contributed by atoms with Gasteiger partial charge in [0.25, 0.3) is 0 Å². The summed E-state index contributed by atoms with van der Waals surface area (Å²) in [4.78, 5) is 15.7. The SMILES string of the molecule is O=C(C(c1ccc(Br)cc1)C(NO)c1cccnc1)C(F)(F)F. The van der Waals surface area contributed by atoms with Crippen molar-refractivity contribution < 1.29 is 23.2 Å². The smallest absolute Gasteiger partial charge is 0.316 e. The van der Waals surface area contributed by atoms with Gasteiger partial charge in [0.1, 0.15) is 0 Å². The fourth-order valence-electron chi connectivity index (χ4n) is 2.24. The number of aromatic nitrogens is 1. The molecular weight excluding hydrogens is 377 g/mol. The molecule has 0 aliphatic rings. The van der Waals surface area contributed by atoms with E-state index in [0.717, 1.165) is 0 Å². The molecule has 0 saturated carbocycles. The van der Waals surface area contributed by atoms with Crippen LogP contribution in [0.25, 0.3) is 0 Å². The van der Waals surface area contributed by atoms with Gasteiger partial charge in [-0.15, -0.1) is 0 Å². The molecule has 0 aliphatic heterocycles. The molecule has 0 amide bonds. The molecule has 2 unspecified atom stereocenters. The highest BCUT2D eigenvalue weighted by Gasteiger charge is 2.47. The van der Waals surface area contributed by atoms with Crippen LogP contribution in [0, 0.1) is 0 Å². The molecular formula is C15H12BrF3N2O2. The maximum atomic E-state index is 13.0. The van der Waals surface area contributed by atoms with Crippen LogP contribution in [0.15, 0.2) is 53.3 Å². The molecule has 8 heteroatoms. The first kappa shape index (κ1) is 17.6. The molecule has 2 N–H and O–H groups in total. The molecule has 0 radical (unpaired) electrons. The molecule has 0 fully saturated rings. The van der Waals surface area contributed by atoms with Gasteiger partial charge in [-0.3, -0.25) is 9.78 Å². The summed E-state index contributed by atoms with van der Waals surface area (Å²) < 4.78 is 39.6. The van der Waals surface area contributed by atoms with E-state index >= 15 is 0 Å². The number of rotatable bonds is 5. The van der Waals surface area contributed by atoms with Crippen LogP contribution in [-0.4, -0.2) is 22.2 Å². The van der Waals surface area contributed by atoms with E-state index in [9.17, 15) is 23.2 Å². The van der Waals surface area contributed by atoms with Gasteiger partial charge < -0.3 is 5.21 Å². The lowest BCUT2D eigenvalue weighted by molar-refractivity contribution is -0.174. The minimum absolute atomic E-state index is 0.130. The van der Waals surface area contributed by atoms with E-state index in [4.69, 9.17) is 0 Å². The Balaban J connectivity index is 2.52. The number of carbonyl (C=O) groups is 1. The third-order valence-electron chi connectivity index (χ3n) is 3.31. The van der Waals surface area contributed by atoms with Crippen LogP contribution in [0.4, 0.5) is 13.2 Å². The molecule has 2 atom stereocenters. The second-order valence-electron chi connectivity index (χ2n) is 4.78. The Morgan fingerprint density at radius 1 is 1.17 bits per heavy atom. The van der Waals surface area contributed by atoms with E-state index < -0.39 is 23.9 Å². The van der Waals surface area contributed by atoms with E-state index in [1.54, 1.807) is 0 Å². The van der Waals surface area contributed by atoms with Crippen LogP contribution in [-0.2, 0) is 4.79 Å². The largest absolute Gasteiger partial charge is 0.450 e. The van der Waals surface area contributed by atoms with Crippen molar-refractivity contribution in [1.29, 1.82) is 0 Å². The summed E-state index contributed by atoms with van der Waals surface area (Å²) in [6.07, 6.45) is -2.30. The van der Waals surface area contributed by atoms with Gasteiger partial charge >= 0.3 is 6.18 Å². The number of hydrogen-bond acceptors (Lipinski definition) is 4. The number of ketones is 1. The molecule has 2 aromatic rings. The number of alkyl halides is 3. The topological polar surface area (TPSA) is 62.2 Å². The first-order valence-electron chi connectivity index (χ1n) is 6.50. The van der Waals surface area contributed by atoms with Crippen LogP contribution < -0.4 is 5.48 Å². The first-order valence-corrected chi connectivity index (χ1v) is 7.30. The maximum absolute atomic E-state index is 13.0. The Hall–Kier alpha value is -1.77. The molecule has 23 heavy (non-hydrogen) atoms. The van der Waals surface area contributed by atoms with Crippen molar-refractivity contribution in [3.8, 4) is 0 Å². The molecule has 122 valence electrons. The van der Waals surface area contributed by atoms with Crippen LogP contribution in [0.3, 0.4) is 0 Å². The van der Waals surface area contributed by atoms with Gasteiger partial charge in [0.05, 0.1) is 12.0 Å². The van der Waals surface area contributed by atoms with Crippen LogP contribution in [0.5, 0.6) is 0 Å². The zero-order valence-electron chi connectivity index (χ0n) is 11.6. The minimum atomic E-state index is -5.03. The number of carbonyl (C=O) groups excluding carboxylic acids is 1. The number of pyridine rings is 1. The molecule has 0 spiro atoms. The molecule has 0 saturated heterocycles. The average molecular weight is 389 g/mol. The number of nitrogens with one attached hydrogen (secondary N) is 1. The molecule has 0 bridgehead atoms. The van der Waals surface area contributed by atoms with E-state index in [0.29, 0.717) is 4.47 Å². The Morgan fingerprint density at radius 3 is 2.30 bits per heavy atom. The third-order valence-corrected chi connectivity index (χ3v) is 3.84. The Labute approximate surface area is 138 Å². The van der Waals surface area contributed by atoms with E-state index in [-0.39, 0.29) is 11.1 Å². The van der Waals surface area contributed by atoms with Gasteiger partial charge in [-0.05, 0) is 29.3 Å². The molecule has 0 aliphatic carbocycles. The zero-order valence-corrected chi connectivity index (χ0v) is 13.2. The van der Waals surface area contributed by atoms with Crippen molar-refractivity contribution in [2.24, 2.45) is 0 Å². The summed E-state index contributed by atoms with van der Waals surface area (Å²) in [5.74, 6) is -3.59. The summed E-state index contributed by atoms with van der Waals surface area (Å²) in [5, 5.41) is 9.37. The lowest BCUT2D eigenvalue weighted by Crippen LogP contribution is -2.37. The van der Waals surface area contributed by atoms with E-state index in [2.05, 4.69) is 20.9 Å². The lowest BCUT2D eigenvalue weighted by Gasteiger charge is -2.26. The standard InChI is InChI=1S/C15H12BrF3N2O2/c16-11-5-3-9(4-6-11)12(14(22)15(17,18)19)13(21-23)10-2-1-7-20-8-10/h1-8,12-13,21,23H. The number of nitrogens with zero attached hydrogens (tertiary/aromatic N) is 1. The third kappa shape index (κ3) is 4.15. The van der Waals surface area contributed by atoms with Crippen LogP contribution >= 0.6 is 15.9 Å². The molecule has 4 nitrogen and oxygen atoms in total. The van der Waals surface area contributed by atoms with Crippen molar-refractivity contribution in [3.05, 3.63) is 64.4 Å². The van der Waals surface area contributed by atoms with Gasteiger partial charge in [0.15, 0.2) is 0 Å². The average Bonchev–Trinajstić information content (AvgIpc) is 2.53. The fourth-order valence-corrected chi connectivity index (χ4v) is 2.51. The highest BCUT2D eigenvalue weighted by molar-refractivity contribution is 9.10. The second-order valence-corrected chi connectivity index (χ2v) is 5.70. The van der Waals surface area contributed by atoms with Gasteiger partial charge in [-0.1, -0.05) is 34.1 Å². The van der Waals surface area contributed by atoms with E-state index in [1.165, 1.54) is 48.8 Å². The predicted molar refractivity (Wildman–Crippen MR) is 79.8 cm³/mol. The molecule has 1 aromatic heterocycles. The van der Waals surface area contributed by atoms with E-state index in [1.807, 2.05) is 5.48 Å². The summed E-state index contributed by atoms with van der Waals surface area (Å²) in [6, 6.07) is 7.58. The monoisotopic (exact) mass is 388 g/mol. The number of Topliss-reactive ketones (excluding diaryl/α,β-unsaturated/α-hetero) is 1. The van der Waals surface area contributed by atoms with Gasteiger partial charge in [0, 0.05) is 16.9 Å². The summed E-state index contributed by atoms with van der Waals surface area (Å²) in [5.41, 5.74) is 2.21. The molecule has 2 rings (SSSR count). The Bertz CT molecular complexity index is 663. The molecule has 1 heterocycles. The number of benzene rings is 1. The normalized spacial score (nSPS) is 14.3. The Morgan fingerprint density at radius 2 is 1.83 bits per heavy atom. The molecule has 1 aromatic carbocycles. The number of hydroxylamine groups is 1. The van der Waals surface area contributed by atoms with Crippen LogP contribution in [0.1, 0.15) is 23.1 Å². The van der Waals surface area contributed by atoms with Crippen molar-refractivity contribution >= 4 is 21.7 Å². The Kier molecular flexibility index (Phi) is 5.51. The van der Waals surface area contributed by atoms with Crippen molar-refractivity contribution in [2.75, 3.05) is 0 Å². The highest BCUT2D eigenvalue weighted by atomic mass is 79.9. The lowest BCUT2D eigenvalue weighted by atomic mass is 9.84. The van der Waals surface area contributed by atoms with Gasteiger partial charge in [-0.2, -0.15) is 18.7 Å². The minimum Gasteiger partial charge on any atom is -0.316 e. The van der Waals surface area contributed by atoms with Crippen molar-refractivity contribution in [3.63, 3.8) is 0 Å². The second kappa shape index (κ2) is 7.20. The van der Waals surface area contributed by atoms with Crippen molar-refractivity contribution in [1.82, 2.24) is 10.5 Å². The zero-order chi connectivity index (χ0) is 17.0. The first-order chi connectivity index (χ1) is 10.8. The predicted octanol–water partition coefficient (Wildman–Crippen LogP) is 3.78. The quantitative estimate of drug-likeness (QED) is 0.765. The summed E-state index contributed by atoms with van der Waals surface area (Å²) in [6.45, 7) is 0. The number of hydrogen-bond donors (Lipinski definition) is 2. The summed E-state index contributed by atoms with van der Waals surface area (Å²) in [7, 11) is 0. The maximum Gasteiger partial charge on any atom is 0.450 e. The van der Waals surface area contributed by atoms with Gasteiger partial charge in [0.2, 0.25) is 5.78 Å². The van der Waals surface area contributed by atoms with Crippen LogP contribution in [0.2, 0.25) is 0 Å².